The van der Waals surface area contributed by atoms with Crippen LogP contribution in [0.4, 0.5) is 5.13 Å². The fourth-order valence-corrected chi connectivity index (χ4v) is 7.76. The second-order valence-electron chi connectivity index (χ2n) is 11.4. The van der Waals surface area contributed by atoms with Gasteiger partial charge in [0, 0.05) is 57.9 Å². The molecule has 4 rings (SSSR count). The van der Waals surface area contributed by atoms with Gasteiger partial charge in [-0.3, -0.25) is 9.69 Å². The quantitative estimate of drug-likeness (QED) is 0.331. The molecule has 2 aromatic carbocycles. The van der Waals surface area contributed by atoms with Gasteiger partial charge in [0.1, 0.15) is 0 Å². The highest BCUT2D eigenvalue weighted by Gasteiger charge is 2.26. The fourth-order valence-electron chi connectivity index (χ4n) is 4.92. The zero-order valence-electron chi connectivity index (χ0n) is 24.4. The summed E-state index contributed by atoms with van der Waals surface area (Å²) in [6.45, 7) is 16.1. The molecule has 0 spiro atoms. The number of piperazine rings is 1. The van der Waals surface area contributed by atoms with Gasteiger partial charge in [0.25, 0.3) is 5.91 Å². The molecule has 0 atom stereocenters. The Bertz CT molecular complexity index is 1370. The summed E-state index contributed by atoms with van der Waals surface area (Å²) in [5, 5.41) is 4.07. The number of aromatic nitrogens is 1. The molecule has 1 N–H and O–H groups in total. The van der Waals surface area contributed by atoms with E-state index in [9.17, 15) is 13.2 Å². The number of benzene rings is 2. The van der Waals surface area contributed by atoms with E-state index in [1.807, 2.05) is 27.7 Å². The van der Waals surface area contributed by atoms with E-state index >= 15 is 0 Å². The van der Waals surface area contributed by atoms with Crippen LogP contribution in [0.3, 0.4) is 0 Å². The largest absolute Gasteiger partial charge is 0.351 e. The summed E-state index contributed by atoms with van der Waals surface area (Å²) in [6, 6.07) is 12.8. The second kappa shape index (κ2) is 13.4. The van der Waals surface area contributed by atoms with Gasteiger partial charge in [-0.15, -0.1) is 0 Å². The normalized spacial score (nSPS) is 15.1. The Hall–Kier alpha value is -2.53. The SMILES string of the molecule is CCc1ccc2nc(N3CCN(CCNC(=O)c4ccc(S(=O)(=O)N(CC(C)C)CC(C)C)cc4)CC3)sc2c1. The van der Waals surface area contributed by atoms with Gasteiger partial charge in [0.15, 0.2) is 5.13 Å². The highest BCUT2D eigenvalue weighted by atomic mass is 32.2. The third-order valence-corrected chi connectivity index (χ3v) is 10.0. The maximum atomic E-state index is 13.2. The van der Waals surface area contributed by atoms with E-state index in [-0.39, 0.29) is 22.6 Å². The number of hydrogen-bond acceptors (Lipinski definition) is 7. The van der Waals surface area contributed by atoms with Crippen LogP contribution in [-0.2, 0) is 16.4 Å². The molecule has 1 aliphatic rings. The van der Waals surface area contributed by atoms with Crippen LogP contribution >= 0.6 is 11.3 Å². The van der Waals surface area contributed by atoms with Gasteiger partial charge >= 0.3 is 0 Å². The topological polar surface area (TPSA) is 85.9 Å². The van der Waals surface area contributed by atoms with Crippen LogP contribution in [0.1, 0.15) is 50.5 Å². The monoisotopic (exact) mass is 585 g/mol. The summed E-state index contributed by atoms with van der Waals surface area (Å²) >= 11 is 1.76. The zero-order valence-corrected chi connectivity index (χ0v) is 26.0. The van der Waals surface area contributed by atoms with Crippen LogP contribution in [0.25, 0.3) is 10.2 Å². The van der Waals surface area contributed by atoms with Crippen LogP contribution in [0.15, 0.2) is 47.4 Å². The van der Waals surface area contributed by atoms with Gasteiger partial charge in [-0.25, -0.2) is 13.4 Å². The highest BCUT2D eigenvalue weighted by Crippen LogP contribution is 2.30. The Kier molecular flexibility index (Phi) is 10.2. The molecule has 0 bridgehead atoms. The van der Waals surface area contributed by atoms with Crippen molar-refractivity contribution in [3.63, 3.8) is 0 Å². The van der Waals surface area contributed by atoms with Crippen molar-refractivity contribution in [3.05, 3.63) is 53.6 Å². The predicted octanol–water partition coefficient (Wildman–Crippen LogP) is 4.71. The molecule has 40 heavy (non-hydrogen) atoms. The first-order valence-electron chi connectivity index (χ1n) is 14.3. The number of fused-ring (bicyclic) bond motifs is 1. The van der Waals surface area contributed by atoms with Crippen LogP contribution in [0, 0.1) is 11.8 Å². The number of nitrogens with one attached hydrogen (secondary N) is 1. The van der Waals surface area contributed by atoms with Gasteiger partial charge < -0.3 is 10.2 Å². The zero-order chi connectivity index (χ0) is 28.9. The van der Waals surface area contributed by atoms with Crippen molar-refractivity contribution in [3.8, 4) is 0 Å². The third-order valence-electron chi connectivity index (χ3n) is 7.10. The van der Waals surface area contributed by atoms with E-state index in [1.165, 1.54) is 10.3 Å². The van der Waals surface area contributed by atoms with Crippen molar-refractivity contribution < 1.29 is 13.2 Å². The Morgan fingerprint density at radius 3 is 2.25 bits per heavy atom. The molecule has 218 valence electrons. The Morgan fingerprint density at radius 2 is 1.65 bits per heavy atom. The maximum absolute atomic E-state index is 13.2. The standard InChI is InChI=1S/C30H43N5O3S2/c1-6-24-7-12-27-28(19-24)39-30(32-27)34-17-15-33(16-18-34)14-13-31-29(36)25-8-10-26(11-9-25)40(37,38)35(20-22(2)3)21-23(4)5/h7-12,19,22-23H,6,13-18,20-21H2,1-5H3,(H,31,36). The van der Waals surface area contributed by atoms with Crippen LogP contribution in [0.5, 0.6) is 0 Å². The lowest BCUT2D eigenvalue weighted by Gasteiger charge is -2.34. The molecule has 1 aliphatic heterocycles. The lowest BCUT2D eigenvalue weighted by atomic mass is 10.2. The number of anilines is 1. The van der Waals surface area contributed by atoms with Crippen molar-refractivity contribution in [2.75, 3.05) is 57.3 Å². The second-order valence-corrected chi connectivity index (χ2v) is 14.3. The van der Waals surface area contributed by atoms with Gasteiger partial charge in [0.2, 0.25) is 10.0 Å². The first kappa shape index (κ1) is 30.4. The molecule has 10 heteroatoms. The van der Waals surface area contributed by atoms with Crippen molar-refractivity contribution in [1.29, 1.82) is 0 Å². The minimum absolute atomic E-state index is 0.190. The number of rotatable bonds is 12. The highest BCUT2D eigenvalue weighted by molar-refractivity contribution is 7.89. The molecule has 1 aromatic heterocycles. The molecule has 1 fully saturated rings. The van der Waals surface area contributed by atoms with Crippen molar-refractivity contribution in [2.24, 2.45) is 11.8 Å². The molecule has 0 aliphatic carbocycles. The van der Waals surface area contributed by atoms with Crippen LogP contribution < -0.4 is 10.2 Å². The van der Waals surface area contributed by atoms with E-state index < -0.39 is 10.0 Å². The molecule has 3 aromatic rings. The molecule has 0 radical (unpaired) electrons. The molecular weight excluding hydrogens is 542 g/mol. The number of carbonyl (C=O) groups excluding carboxylic acids is 1. The minimum Gasteiger partial charge on any atom is -0.351 e. The first-order valence-corrected chi connectivity index (χ1v) is 16.6. The summed E-state index contributed by atoms with van der Waals surface area (Å²) < 4.78 is 29.3. The Labute approximate surface area is 243 Å². The average molecular weight is 586 g/mol. The number of carbonyl (C=O) groups is 1. The van der Waals surface area contributed by atoms with Crippen molar-refractivity contribution in [2.45, 2.75) is 45.9 Å². The molecule has 0 saturated carbocycles. The molecule has 2 heterocycles. The molecule has 1 amide bonds. The fraction of sp³-hybridized carbons (Fsp3) is 0.533. The minimum atomic E-state index is -3.61. The van der Waals surface area contributed by atoms with E-state index in [2.05, 4.69) is 40.2 Å². The van der Waals surface area contributed by atoms with E-state index in [0.29, 0.717) is 25.2 Å². The Morgan fingerprint density at radius 1 is 1.00 bits per heavy atom. The molecule has 1 saturated heterocycles. The van der Waals surface area contributed by atoms with E-state index in [1.54, 1.807) is 39.9 Å². The summed E-state index contributed by atoms with van der Waals surface area (Å²) in [7, 11) is -3.61. The number of hydrogen-bond donors (Lipinski definition) is 1. The van der Waals surface area contributed by atoms with Gasteiger partial charge in [-0.05, 0) is 60.2 Å². The number of sulfonamides is 1. The lowest BCUT2D eigenvalue weighted by molar-refractivity contribution is 0.0947. The summed E-state index contributed by atoms with van der Waals surface area (Å²) in [5.41, 5.74) is 2.87. The number of aryl methyl sites for hydroxylation is 1. The summed E-state index contributed by atoms with van der Waals surface area (Å²) in [6.07, 6.45) is 1.03. The van der Waals surface area contributed by atoms with E-state index in [4.69, 9.17) is 4.98 Å². The van der Waals surface area contributed by atoms with Crippen LogP contribution in [0.2, 0.25) is 0 Å². The molecular formula is C30H43N5O3S2. The number of nitrogens with zero attached hydrogens (tertiary/aromatic N) is 4. The summed E-state index contributed by atoms with van der Waals surface area (Å²) in [5.74, 6) is 0.260. The van der Waals surface area contributed by atoms with Crippen LogP contribution in [-0.4, -0.2) is 80.9 Å². The smallest absolute Gasteiger partial charge is 0.251 e. The number of amides is 1. The maximum Gasteiger partial charge on any atom is 0.251 e. The number of thiazole rings is 1. The van der Waals surface area contributed by atoms with Gasteiger partial charge in [-0.2, -0.15) is 4.31 Å². The van der Waals surface area contributed by atoms with Gasteiger partial charge in [-0.1, -0.05) is 52.0 Å². The van der Waals surface area contributed by atoms with Gasteiger partial charge in [0.05, 0.1) is 15.1 Å². The van der Waals surface area contributed by atoms with Crippen molar-refractivity contribution in [1.82, 2.24) is 19.5 Å². The predicted molar refractivity (Wildman–Crippen MR) is 165 cm³/mol. The molecule has 0 unspecified atom stereocenters. The first-order chi connectivity index (χ1) is 19.1. The molecule has 8 nitrogen and oxygen atoms in total. The summed E-state index contributed by atoms with van der Waals surface area (Å²) in [4.78, 5) is 22.5. The average Bonchev–Trinajstić information content (AvgIpc) is 3.36. The lowest BCUT2D eigenvalue weighted by Crippen LogP contribution is -2.48. The Balaban J connectivity index is 1.25. The van der Waals surface area contributed by atoms with E-state index in [0.717, 1.165) is 49.8 Å². The third kappa shape index (κ3) is 7.60. The van der Waals surface area contributed by atoms with Crippen molar-refractivity contribution >= 4 is 42.6 Å².